The maximum Gasteiger partial charge on any atom is 0.303 e. The van der Waals surface area contributed by atoms with Gasteiger partial charge in [-0.1, -0.05) is 47.5 Å². The maximum atomic E-state index is 12.4. The van der Waals surface area contributed by atoms with Gasteiger partial charge in [0.05, 0.1) is 21.3 Å². The first kappa shape index (κ1) is 20.7. The van der Waals surface area contributed by atoms with Crippen molar-refractivity contribution in [3.63, 3.8) is 0 Å². The van der Waals surface area contributed by atoms with E-state index >= 15 is 0 Å². The third kappa shape index (κ3) is 3.55. The third-order valence-electron chi connectivity index (χ3n) is 5.15. The van der Waals surface area contributed by atoms with E-state index in [1.54, 1.807) is 0 Å². The molecule has 4 rings (SSSR count). The average Bonchev–Trinajstić information content (AvgIpc) is 3.32. The fraction of sp³-hybridized carbons (Fsp3) is 0.250. The van der Waals surface area contributed by atoms with Crippen LogP contribution in [0.15, 0.2) is 24.3 Å². The fourth-order valence-electron chi connectivity index (χ4n) is 3.96. The molecule has 4 N–H and O–H groups in total. The van der Waals surface area contributed by atoms with Gasteiger partial charge in [0, 0.05) is 18.4 Å². The molecular weight excluding hydrogens is 449 g/mol. The van der Waals surface area contributed by atoms with E-state index in [2.05, 4.69) is 10.3 Å². The lowest BCUT2D eigenvalue weighted by Gasteiger charge is -2.22. The molecule has 0 aliphatic heterocycles. The largest absolute Gasteiger partial charge is 0.456 e. The van der Waals surface area contributed by atoms with Crippen LogP contribution in [0.25, 0.3) is 10.2 Å². The number of thiophene rings is 1. The number of hydrogen-bond donors (Lipinski definition) is 3. The number of carbonyl (C=O) groups is 3. The van der Waals surface area contributed by atoms with Crippen molar-refractivity contribution in [2.75, 3.05) is 6.61 Å². The molecule has 0 saturated heterocycles. The maximum absolute atomic E-state index is 12.4. The first-order valence-corrected chi connectivity index (χ1v) is 10.6. The lowest BCUT2D eigenvalue weighted by atomic mass is 9.91. The molecule has 2 amide bonds. The van der Waals surface area contributed by atoms with Crippen molar-refractivity contribution in [2.24, 2.45) is 5.73 Å². The molecular formula is C20H17Cl2N3O4S. The highest BCUT2D eigenvalue weighted by atomic mass is 35.5. The summed E-state index contributed by atoms with van der Waals surface area (Å²) in [4.78, 5) is 38.7. The molecule has 2 heterocycles. The number of rotatable bonds is 5. The molecule has 0 fully saturated rings. The summed E-state index contributed by atoms with van der Waals surface area (Å²) in [6, 6.07) is 7.25. The number of hydrogen-bond acceptors (Lipinski definition) is 5. The Morgan fingerprint density at radius 3 is 2.73 bits per heavy atom. The lowest BCUT2D eigenvalue weighted by Crippen LogP contribution is -2.34. The molecule has 2 unspecified atom stereocenters. The number of aromatic amines is 1. The van der Waals surface area contributed by atoms with Crippen LogP contribution >= 0.6 is 34.5 Å². The lowest BCUT2D eigenvalue weighted by molar-refractivity contribution is -0.146. The Balaban J connectivity index is 1.80. The number of nitrogens with two attached hydrogens (primary N) is 1. The number of H-pyrrole nitrogens is 1. The van der Waals surface area contributed by atoms with E-state index < -0.39 is 23.8 Å². The number of benzene rings is 1. The van der Waals surface area contributed by atoms with Gasteiger partial charge in [0.1, 0.15) is 10.0 Å². The zero-order valence-electron chi connectivity index (χ0n) is 15.8. The Kier molecular flexibility index (Phi) is 5.48. The van der Waals surface area contributed by atoms with Crippen molar-refractivity contribution in [2.45, 2.75) is 25.3 Å². The first-order chi connectivity index (χ1) is 14.3. The zero-order valence-corrected chi connectivity index (χ0v) is 18.1. The van der Waals surface area contributed by atoms with Crippen LogP contribution in [0.1, 0.15) is 46.1 Å². The van der Waals surface area contributed by atoms with Crippen LogP contribution in [-0.4, -0.2) is 29.4 Å². The van der Waals surface area contributed by atoms with Crippen LogP contribution in [0.4, 0.5) is 0 Å². The van der Waals surface area contributed by atoms with Crippen LogP contribution in [-0.2, 0) is 20.7 Å². The number of nitrogens with one attached hydrogen (secondary N) is 2. The third-order valence-corrected chi connectivity index (χ3v) is 7.17. The van der Waals surface area contributed by atoms with Crippen LogP contribution in [0.2, 0.25) is 9.36 Å². The highest BCUT2D eigenvalue weighted by molar-refractivity contribution is 7.23. The fourth-order valence-corrected chi connectivity index (χ4v) is 5.59. The topological polar surface area (TPSA) is 114 Å². The zero-order chi connectivity index (χ0) is 21.6. The summed E-state index contributed by atoms with van der Waals surface area (Å²) in [5, 5.41) is 3.27. The number of aromatic nitrogens is 1. The summed E-state index contributed by atoms with van der Waals surface area (Å²) < 4.78 is 5.95. The van der Waals surface area contributed by atoms with Gasteiger partial charge in [0.15, 0.2) is 6.61 Å². The molecule has 156 valence electrons. The molecule has 0 bridgehead atoms. The summed E-state index contributed by atoms with van der Waals surface area (Å²) in [7, 11) is 0. The number of ether oxygens (including phenoxy) is 1. The summed E-state index contributed by atoms with van der Waals surface area (Å²) in [6.07, 6.45) is 0.578. The predicted octanol–water partition coefficient (Wildman–Crippen LogP) is 3.70. The van der Waals surface area contributed by atoms with Crippen molar-refractivity contribution in [1.82, 2.24) is 10.3 Å². The highest BCUT2D eigenvalue weighted by Crippen LogP contribution is 2.50. The Labute approximate surface area is 185 Å². The molecule has 0 radical (unpaired) electrons. The summed E-state index contributed by atoms with van der Waals surface area (Å²) in [5.74, 6) is -1.89. The van der Waals surface area contributed by atoms with Gasteiger partial charge < -0.3 is 20.8 Å². The van der Waals surface area contributed by atoms with Crippen molar-refractivity contribution in [3.8, 4) is 0 Å². The van der Waals surface area contributed by atoms with E-state index in [9.17, 15) is 14.4 Å². The van der Waals surface area contributed by atoms with Gasteiger partial charge in [-0.25, -0.2) is 0 Å². The predicted molar refractivity (Wildman–Crippen MR) is 115 cm³/mol. The van der Waals surface area contributed by atoms with Gasteiger partial charge in [0.25, 0.3) is 11.8 Å². The Bertz CT molecular complexity index is 1190. The molecule has 7 nitrogen and oxygen atoms in total. The van der Waals surface area contributed by atoms with Crippen LogP contribution in [0, 0.1) is 0 Å². The molecule has 2 atom stereocenters. The van der Waals surface area contributed by atoms with Gasteiger partial charge >= 0.3 is 5.97 Å². The number of halogens is 2. The van der Waals surface area contributed by atoms with Crippen molar-refractivity contribution < 1.29 is 19.1 Å². The Hall–Kier alpha value is -2.55. The van der Waals surface area contributed by atoms with E-state index in [0.29, 0.717) is 26.9 Å². The van der Waals surface area contributed by atoms with Gasteiger partial charge in [0.2, 0.25) is 0 Å². The highest BCUT2D eigenvalue weighted by Gasteiger charge is 2.39. The number of primary amides is 1. The number of esters is 1. The normalized spacial score (nSPS) is 17.7. The van der Waals surface area contributed by atoms with E-state index in [1.807, 2.05) is 24.3 Å². The number of carbonyl (C=O) groups excluding carboxylic acids is 3. The first-order valence-electron chi connectivity index (χ1n) is 9.07. The monoisotopic (exact) mass is 465 g/mol. The van der Waals surface area contributed by atoms with E-state index in [4.69, 9.17) is 33.7 Å². The minimum atomic E-state index is -0.624. The molecule has 0 spiro atoms. The van der Waals surface area contributed by atoms with E-state index in [1.165, 1.54) is 18.3 Å². The second-order valence-electron chi connectivity index (χ2n) is 7.01. The van der Waals surface area contributed by atoms with Crippen LogP contribution in [0.3, 0.4) is 0 Å². The number of amides is 2. The number of fused-ring (bicyclic) bond motifs is 2. The average molecular weight is 466 g/mol. The molecule has 1 aliphatic carbocycles. The molecule has 30 heavy (non-hydrogen) atoms. The van der Waals surface area contributed by atoms with Gasteiger partial charge in [-0.05, 0) is 17.5 Å². The quantitative estimate of drug-likeness (QED) is 0.498. The molecule has 3 aromatic rings. The standard InChI is InChI=1S/C20H17Cl2N3O4S/c1-8(26)29-7-12(27)24-15-10-5-3-2-4-9(10)6-11(15)13-16(20(23)28)25-17-14(21)19(22)30-18(13)17/h2-5,11,15,25H,6-7H2,1H3,(H2,23,28)(H,24,27). The SMILES string of the molecule is CC(=O)OCC(=O)NC1c2ccccc2CC1c1c(C(N)=O)[nH]c2c(Cl)c(Cl)sc12. The second kappa shape index (κ2) is 7.94. The van der Waals surface area contributed by atoms with E-state index in [0.717, 1.165) is 15.8 Å². The molecule has 0 saturated carbocycles. The van der Waals surface area contributed by atoms with Crippen molar-refractivity contribution in [3.05, 3.63) is 56.0 Å². The Morgan fingerprint density at radius 2 is 2.03 bits per heavy atom. The summed E-state index contributed by atoms with van der Waals surface area (Å²) in [6.45, 7) is 0.851. The van der Waals surface area contributed by atoms with Crippen LogP contribution in [0.5, 0.6) is 0 Å². The molecule has 2 aromatic heterocycles. The van der Waals surface area contributed by atoms with Gasteiger partial charge in [-0.15, -0.1) is 11.3 Å². The van der Waals surface area contributed by atoms with E-state index in [-0.39, 0.29) is 18.2 Å². The van der Waals surface area contributed by atoms with Crippen molar-refractivity contribution >= 4 is 62.5 Å². The van der Waals surface area contributed by atoms with Crippen molar-refractivity contribution in [1.29, 1.82) is 0 Å². The minimum absolute atomic E-state index is 0.242. The minimum Gasteiger partial charge on any atom is -0.456 e. The Morgan fingerprint density at radius 1 is 1.30 bits per heavy atom. The second-order valence-corrected chi connectivity index (χ2v) is 9.01. The smallest absolute Gasteiger partial charge is 0.303 e. The molecule has 10 heteroatoms. The molecule has 1 aliphatic rings. The van der Waals surface area contributed by atoms with Crippen LogP contribution < -0.4 is 11.1 Å². The summed E-state index contributed by atoms with van der Waals surface area (Å²) >= 11 is 13.8. The van der Waals surface area contributed by atoms with Gasteiger partial charge in [-0.3, -0.25) is 14.4 Å². The summed E-state index contributed by atoms with van der Waals surface area (Å²) in [5.41, 5.74) is 9.07. The molecule has 1 aromatic carbocycles. The van der Waals surface area contributed by atoms with Gasteiger partial charge in [-0.2, -0.15) is 0 Å².